The number of nitrogens with zero attached hydrogens (tertiary/aromatic N) is 1. The maximum Gasteiger partial charge on any atom is 0.326 e. The number of hydrogen-bond acceptors (Lipinski definition) is 4. The minimum Gasteiger partial charge on any atom is -0.497 e. The molecule has 2 rings (SSSR count). The Labute approximate surface area is 140 Å². The standard InChI is InChI=1S/C17H22N2O5/c1-11(20)18-14(12-5-7-13(24-2)8-6-12)10-16(21)19-9-3-4-15(19)17(22)23/h5-8,14-15H,3-4,9-10H2,1-2H3,(H,18,20)(H,22,23)/t14-,15-/m1/s1. The molecular weight excluding hydrogens is 312 g/mol. The first-order chi connectivity index (χ1) is 11.4. The van der Waals surface area contributed by atoms with Gasteiger partial charge < -0.3 is 20.1 Å². The number of likely N-dealkylation sites (tertiary alicyclic amines) is 1. The third-order valence-corrected chi connectivity index (χ3v) is 4.13. The summed E-state index contributed by atoms with van der Waals surface area (Å²) >= 11 is 0. The van der Waals surface area contributed by atoms with E-state index in [1.165, 1.54) is 11.8 Å². The van der Waals surface area contributed by atoms with Crippen molar-refractivity contribution in [1.82, 2.24) is 10.2 Å². The molecule has 0 bridgehead atoms. The molecule has 1 heterocycles. The lowest BCUT2D eigenvalue weighted by Gasteiger charge is -2.25. The summed E-state index contributed by atoms with van der Waals surface area (Å²) in [5.41, 5.74) is 0.769. The van der Waals surface area contributed by atoms with Crippen LogP contribution < -0.4 is 10.1 Å². The quantitative estimate of drug-likeness (QED) is 0.818. The molecule has 24 heavy (non-hydrogen) atoms. The highest BCUT2D eigenvalue weighted by molar-refractivity contribution is 5.85. The van der Waals surface area contributed by atoms with E-state index in [9.17, 15) is 19.5 Å². The predicted molar refractivity (Wildman–Crippen MR) is 86.5 cm³/mol. The maximum absolute atomic E-state index is 12.5. The van der Waals surface area contributed by atoms with Crippen molar-refractivity contribution in [2.45, 2.75) is 38.3 Å². The number of rotatable bonds is 6. The number of amides is 2. The zero-order valence-corrected chi connectivity index (χ0v) is 13.8. The van der Waals surface area contributed by atoms with Crippen LogP contribution in [0.5, 0.6) is 5.75 Å². The summed E-state index contributed by atoms with van der Waals surface area (Å²) in [6, 6.07) is 5.80. The highest BCUT2D eigenvalue weighted by Gasteiger charge is 2.34. The summed E-state index contributed by atoms with van der Waals surface area (Å²) in [6.45, 7) is 1.82. The molecule has 1 saturated heterocycles. The Balaban J connectivity index is 2.14. The predicted octanol–water partition coefficient (Wildman–Crippen LogP) is 1.34. The van der Waals surface area contributed by atoms with Gasteiger partial charge in [-0.3, -0.25) is 9.59 Å². The lowest BCUT2D eigenvalue weighted by Crippen LogP contribution is -2.42. The molecule has 7 heteroatoms. The number of methoxy groups -OCH3 is 1. The fourth-order valence-corrected chi connectivity index (χ4v) is 2.95. The first kappa shape index (κ1) is 17.8. The first-order valence-electron chi connectivity index (χ1n) is 7.85. The van der Waals surface area contributed by atoms with Crippen LogP contribution >= 0.6 is 0 Å². The molecule has 2 atom stereocenters. The number of carboxylic acids is 1. The van der Waals surface area contributed by atoms with Gasteiger partial charge in [0.15, 0.2) is 0 Å². The van der Waals surface area contributed by atoms with Gasteiger partial charge in [0.05, 0.1) is 19.6 Å². The second kappa shape index (κ2) is 7.81. The molecule has 2 amide bonds. The molecule has 0 radical (unpaired) electrons. The molecule has 0 saturated carbocycles. The molecule has 1 aromatic carbocycles. The van der Waals surface area contributed by atoms with Crippen LogP contribution in [0.2, 0.25) is 0 Å². The molecule has 0 unspecified atom stereocenters. The monoisotopic (exact) mass is 334 g/mol. The third kappa shape index (κ3) is 4.24. The van der Waals surface area contributed by atoms with Crippen LogP contribution in [0, 0.1) is 0 Å². The largest absolute Gasteiger partial charge is 0.497 e. The topological polar surface area (TPSA) is 95.9 Å². The van der Waals surface area contributed by atoms with Gasteiger partial charge in [0, 0.05) is 13.5 Å². The number of carbonyl (C=O) groups is 3. The van der Waals surface area contributed by atoms with Gasteiger partial charge in [0.1, 0.15) is 11.8 Å². The van der Waals surface area contributed by atoms with Crippen molar-refractivity contribution >= 4 is 17.8 Å². The number of hydrogen-bond donors (Lipinski definition) is 2. The molecule has 130 valence electrons. The molecule has 1 aliphatic heterocycles. The van der Waals surface area contributed by atoms with Gasteiger partial charge >= 0.3 is 5.97 Å². The molecule has 1 aromatic rings. The van der Waals surface area contributed by atoms with Crippen molar-refractivity contribution in [3.05, 3.63) is 29.8 Å². The second-order valence-electron chi connectivity index (χ2n) is 5.81. The van der Waals surface area contributed by atoms with Crippen LogP contribution in [0.15, 0.2) is 24.3 Å². The zero-order chi connectivity index (χ0) is 17.7. The third-order valence-electron chi connectivity index (χ3n) is 4.13. The fourth-order valence-electron chi connectivity index (χ4n) is 2.95. The minimum atomic E-state index is -0.985. The van der Waals surface area contributed by atoms with Crippen LogP contribution in [-0.2, 0) is 14.4 Å². The van der Waals surface area contributed by atoms with Gasteiger partial charge in [-0.25, -0.2) is 4.79 Å². The average Bonchev–Trinajstić information content (AvgIpc) is 3.04. The first-order valence-corrected chi connectivity index (χ1v) is 7.85. The van der Waals surface area contributed by atoms with Crippen LogP contribution in [0.25, 0.3) is 0 Å². The number of carboxylic acid groups (broad SMARTS) is 1. The van der Waals surface area contributed by atoms with Gasteiger partial charge in [0.25, 0.3) is 0 Å². The SMILES string of the molecule is COc1ccc([C@@H](CC(=O)N2CCC[C@@H]2C(=O)O)NC(C)=O)cc1. The number of carbonyl (C=O) groups excluding carboxylic acids is 2. The van der Waals surface area contributed by atoms with Gasteiger partial charge in [-0.05, 0) is 30.5 Å². The van der Waals surface area contributed by atoms with Crippen molar-refractivity contribution in [1.29, 1.82) is 0 Å². The summed E-state index contributed by atoms with van der Waals surface area (Å²) < 4.78 is 5.11. The summed E-state index contributed by atoms with van der Waals surface area (Å²) in [7, 11) is 1.56. The van der Waals surface area contributed by atoms with Crippen LogP contribution in [-0.4, -0.2) is 47.5 Å². The fraction of sp³-hybridized carbons (Fsp3) is 0.471. The van der Waals surface area contributed by atoms with Gasteiger partial charge in [-0.1, -0.05) is 12.1 Å². The van der Waals surface area contributed by atoms with E-state index in [0.717, 1.165) is 5.56 Å². The Bertz CT molecular complexity index is 614. The van der Waals surface area contributed by atoms with Crippen molar-refractivity contribution in [3.8, 4) is 5.75 Å². The van der Waals surface area contributed by atoms with E-state index < -0.39 is 18.1 Å². The zero-order valence-electron chi connectivity index (χ0n) is 13.8. The maximum atomic E-state index is 12.5. The smallest absolute Gasteiger partial charge is 0.326 e. The Hall–Kier alpha value is -2.57. The molecule has 1 fully saturated rings. The van der Waals surface area contributed by atoms with Crippen molar-refractivity contribution in [2.24, 2.45) is 0 Å². The van der Waals surface area contributed by atoms with E-state index in [4.69, 9.17) is 4.74 Å². The molecule has 0 spiro atoms. The van der Waals surface area contributed by atoms with E-state index >= 15 is 0 Å². The molecule has 0 aliphatic carbocycles. The molecule has 0 aromatic heterocycles. The second-order valence-corrected chi connectivity index (χ2v) is 5.81. The number of aliphatic carboxylic acids is 1. The Morgan fingerprint density at radius 1 is 1.33 bits per heavy atom. The number of nitrogens with one attached hydrogen (secondary N) is 1. The van der Waals surface area contributed by atoms with Crippen molar-refractivity contribution in [2.75, 3.05) is 13.7 Å². The Morgan fingerprint density at radius 3 is 2.54 bits per heavy atom. The molecular formula is C17H22N2O5. The summed E-state index contributed by atoms with van der Waals surface area (Å²) in [4.78, 5) is 36.6. The van der Waals surface area contributed by atoms with Gasteiger partial charge in [-0.15, -0.1) is 0 Å². The van der Waals surface area contributed by atoms with E-state index in [2.05, 4.69) is 5.32 Å². The summed E-state index contributed by atoms with van der Waals surface area (Å²) in [6.07, 6.45) is 1.17. The lowest BCUT2D eigenvalue weighted by atomic mass is 10.0. The van der Waals surface area contributed by atoms with Gasteiger partial charge in [0.2, 0.25) is 11.8 Å². The highest BCUT2D eigenvalue weighted by atomic mass is 16.5. The molecule has 2 N–H and O–H groups in total. The minimum absolute atomic E-state index is 0.0235. The van der Waals surface area contributed by atoms with Crippen LogP contribution in [0.4, 0.5) is 0 Å². The van der Waals surface area contributed by atoms with E-state index in [0.29, 0.717) is 25.1 Å². The summed E-state index contributed by atoms with van der Waals surface area (Å²) in [5.74, 6) is -0.826. The number of benzene rings is 1. The lowest BCUT2D eigenvalue weighted by molar-refractivity contribution is -0.148. The van der Waals surface area contributed by atoms with Crippen molar-refractivity contribution < 1.29 is 24.2 Å². The van der Waals surface area contributed by atoms with Crippen LogP contribution in [0.1, 0.15) is 37.8 Å². The van der Waals surface area contributed by atoms with E-state index in [-0.39, 0.29) is 18.2 Å². The Morgan fingerprint density at radius 2 is 2.00 bits per heavy atom. The normalized spacial score (nSPS) is 18.1. The van der Waals surface area contributed by atoms with Crippen molar-refractivity contribution in [3.63, 3.8) is 0 Å². The van der Waals surface area contributed by atoms with E-state index in [1.807, 2.05) is 0 Å². The summed E-state index contributed by atoms with van der Waals surface area (Å²) in [5, 5.41) is 12.0. The Kier molecular flexibility index (Phi) is 5.78. The van der Waals surface area contributed by atoms with Gasteiger partial charge in [-0.2, -0.15) is 0 Å². The number of ether oxygens (including phenoxy) is 1. The molecule has 1 aliphatic rings. The average molecular weight is 334 g/mol. The van der Waals surface area contributed by atoms with E-state index in [1.54, 1.807) is 31.4 Å². The highest BCUT2D eigenvalue weighted by Crippen LogP contribution is 2.24. The van der Waals surface area contributed by atoms with Crippen LogP contribution in [0.3, 0.4) is 0 Å². The molecule has 7 nitrogen and oxygen atoms in total.